The summed E-state index contributed by atoms with van der Waals surface area (Å²) in [6, 6.07) is 9.88. The minimum Gasteiger partial charge on any atom is -0.493 e. The molecule has 0 amide bonds. The number of aryl methyl sites for hydroxylation is 1. The van der Waals surface area contributed by atoms with Gasteiger partial charge in [0.2, 0.25) is 5.89 Å². The van der Waals surface area contributed by atoms with Crippen LogP contribution in [-0.2, 0) is 16.0 Å². The first-order valence-electron chi connectivity index (χ1n) is 10.5. The molecule has 2 aliphatic rings. The largest absolute Gasteiger partial charge is 0.493 e. The van der Waals surface area contributed by atoms with E-state index in [0.717, 1.165) is 42.0 Å². The van der Waals surface area contributed by atoms with Crippen molar-refractivity contribution in [2.24, 2.45) is 11.8 Å². The van der Waals surface area contributed by atoms with Crippen molar-refractivity contribution >= 4 is 5.97 Å². The summed E-state index contributed by atoms with van der Waals surface area (Å²) < 4.78 is 11.9. The number of carboxylic acids is 1. The monoisotopic (exact) mass is 405 g/mol. The van der Waals surface area contributed by atoms with Crippen molar-refractivity contribution in [3.8, 4) is 11.5 Å². The number of hydrogen-bond donors (Lipinski definition) is 1. The Kier molecular flexibility index (Phi) is 5.88. The maximum absolute atomic E-state index is 11.4. The standard InChI is InChI=1S/C25H27NO4/c1-16(25(27)28)22-11-8-18-14-20(22)9-10-21(15-18)29-13-12-23-17(2)30-24(26-23)19-6-4-3-5-7-19/h3-7,9-10,15-16,22H,8,11-14H2,1-2H3,(H,27,28). The Balaban J connectivity index is 1.40. The van der Waals surface area contributed by atoms with E-state index in [0.29, 0.717) is 18.9 Å². The highest BCUT2D eigenvalue weighted by Crippen LogP contribution is 2.39. The van der Waals surface area contributed by atoms with Crippen molar-refractivity contribution < 1.29 is 19.1 Å². The third-order valence-corrected chi connectivity index (χ3v) is 6.01. The summed E-state index contributed by atoms with van der Waals surface area (Å²) in [6.45, 7) is 4.24. The van der Waals surface area contributed by atoms with Crippen LogP contribution in [0.25, 0.3) is 11.5 Å². The summed E-state index contributed by atoms with van der Waals surface area (Å²) in [7, 11) is 0. The predicted molar refractivity (Wildman–Crippen MR) is 115 cm³/mol. The first-order valence-corrected chi connectivity index (χ1v) is 10.5. The van der Waals surface area contributed by atoms with E-state index in [9.17, 15) is 9.90 Å². The quantitative estimate of drug-likeness (QED) is 0.660. The van der Waals surface area contributed by atoms with E-state index in [4.69, 9.17) is 9.15 Å². The zero-order valence-electron chi connectivity index (χ0n) is 17.4. The lowest BCUT2D eigenvalue weighted by Crippen LogP contribution is -2.25. The molecule has 2 bridgehead atoms. The van der Waals surface area contributed by atoms with E-state index >= 15 is 0 Å². The van der Waals surface area contributed by atoms with Gasteiger partial charge in [-0.15, -0.1) is 0 Å². The van der Waals surface area contributed by atoms with E-state index in [2.05, 4.69) is 17.1 Å². The van der Waals surface area contributed by atoms with Gasteiger partial charge in [0.25, 0.3) is 0 Å². The number of allylic oxidation sites excluding steroid dienone is 5. The number of rotatable bonds is 7. The zero-order chi connectivity index (χ0) is 21.1. The fraction of sp³-hybridized carbons (Fsp3) is 0.360. The van der Waals surface area contributed by atoms with Crippen LogP contribution in [-0.4, -0.2) is 22.7 Å². The summed E-state index contributed by atoms with van der Waals surface area (Å²) in [4.78, 5) is 16.0. The molecule has 2 atom stereocenters. The molecule has 0 radical (unpaired) electrons. The van der Waals surface area contributed by atoms with E-state index in [-0.39, 0.29) is 11.8 Å². The minimum absolute atomic E-state index is 0.101. The lowest BCUT2D eigenvalue weighted by molar-refractivity contribution is -0.142. The van der Waals surface area contributed by atoms with E-state index in [1.807, 2.05) is 43.3 Å². The summed E-state index contributed by atoms with van der Waals surface area (Å²) in [5.41, 5.74) is 4.37. The number of fused-ring (bicyclic) bond motifs is 2. The molecule has 0 saturated heterocycles. The molecule has 4 rings (SSSR count). The van der Waals surface area contributed by atoms with Crippen molar-refractivity contribution in [2.45, 2.75) is 39.5 Å². The van der Waals surface area contributed by atoms with Crippen molar-refractivity contribution in [3.05, 3.63) is 76.9 Å². The highest BCUT2D eigenvalue weighted by molar-refractivity contribution is 5.70. The van der Waals surface area contributed by atoms with Gasteiger partial charge in [0.1, 0.15) is 11.5 Å². The number of carbonyl (C=O) groups is 1. The number of hydrogen-bond acceptors (Lipinski definition) is 4. The topological polar surface area (TPSA) is 72.6 Å². The van der Waals surface area contributed by atoms with Gasteiger partial charge in [-0.2, -0.15) is 0 Å². The van der Waals surface area contributed by atoms with Crippen LogP contribution in [0.4, 0.5) is 0 Å². The van der Waals surface area contributed by atoms with Gasteiger partial charge in [-0.1, -0.05) is 42.3 Å². The first kappa shape index (κ1) is 20.2. The molecule has 156 valence electrons. The summed E-state index contributed by atoms with van der Waals surface area (Å²) in [5.74, 6) is 1.29. The number of ether oxygens (including phenoxy) is 1. The molecule has 1 saturated carbocycles. The van der Waals surface area contributed by atoms with Crippen LogP contribution in [0.1, 0.15) is 37.6 Å². The third-order valence-electron chi connectivity index (χ3n) is 6.01. The normalized spacial score (nSPS) is 19.3. The fourth-order valence-corrected chi connectivity index (χ4v) is 4.21. The number of nitrogens with zero attached hydrogens (tertiary/aromatic N) is 1. The second-order valence-corrected chi connectivity index (χ2v) is 8.05. The minimum atomic E-state index is -0.726. The molecule has 2 aromatic rings. The third kappa shape index (κ3) is 4.40. The molecule has 5 nitrogen and oxygen atoms in total. The van der Waals surface area contributed by atoms with Crippen LogP contribution >= 0.6 is 0 Å². The second-order valence-electron chi connectivity index (χ2n) is 8.05. The Labute approximate surface area is 176 Å². The van der Waals surface area contributed by atoms with Gasteiger partial charge in [-0.05, 0) is 56.4 Å². The number of carboxylic acid groups (broad SMARTS) is 1. The molecule has 1 fully saturated rings. The fourth-order valence-electron chi connectivity index (χ4n) is 4.21. The summed E-state index contributed by atoms with van der Waals surface area (Å²) >= 11 is 0. The number of benzene rings is 1. The summed E-state index contributed by atoms with van der Waals surface area (Å²) in [5, 5.41) is 9.38. The molecule has 0 spiro atoms. The maximum atomic E-state index is 11.4. The summed E-state index contributed by atoms with van der Waals surface area (Å²) in [6.07, 6.45) is 9.44. The van der Waals surface area contributed by atoms with Gasteiger partial charge < -0.3 is 14.3 Å². The van der Waals surface area contributed by atoms with Gasteiger partial charge >= 0.3 is 5.97 Å². The van der Waals surface area contributed by atoms with Crippen LogP contribution in [0.15, 0.2) is 69.9 Å². The van der Waals surface area contributed by atoms with Crippen molar-refractivity contribution in [1.82, 2.24) is 4.98 Å². The maximum Gasteiger partial charge on any atom is 0.306 e. The van der Waals surface area contributed by atoms with Gasteiger partial charge in [-0.3, -0.25) is 4.79 Å². The van der Waals surface area contributed by atoms with Gasteiger partial charge in [0.05, 0.1) is 18.2 Å². The molecule has 2 unspecified atom stereocenters. The second kappa shape index (κ2) is 8.74. The number of oxazole rings is 1. The lowest BCUT2D eigenvalue weighted by Gasteiger charge is -2.29. The smallest absolute Gasteiger partial charge is 0.306 e. The van der Waals surface area contributed by atoms with E-state index in [1.165, 1.54) is 11.1 Å². The molecule has 5 heteroatoms. The van der Waals surface area contributed by atoms with Crippen LogP contribution in [0.3, 0.4) is 0 Å². The van der Waals surface area contributed by atoms with Crippen LogP contribution in [0.2, 0.25) is 0 Å². The Morgan fingerprint density at radius 3 is 2.87 bits per heavy atom. The highest BCUT2D eigenvalue weighted by atomic mass is 16.5. The molecular formula is C25H27NO4. The van der Waals surface area contributed by atoms with Crippen LogP contribution < -0.4 is 0 Å². The SMILES string of the molecule is Cc1oc(-c2ccccc2)nc1CCOC1=CC=C2CC(=C1)CCC2C(C)C(=O)O. The van der Waals surface area contributed by atoms with Crippen LogP contribution in [0, 0.1) is 18.8 Å². The molecular weight excluding hydrogens is 378 g/mol. The average molecular weight is 405 g/mol. The molecule has 2 aliphatic carbocycles. The van der Waals surface area contributed by atoms with Gasteiger partial charge in [0, 0.05) is 12.0 Å². The predicted octanol–water partition coefficient (Wildman–Crippen LogP) is 5.48. The molecule has 1 aromatic heterocycles. The van der Waals surface area contributed by atoms with E-state index in [1.54, 1.807) is 6.92 Å². The van der Waals surface area contributed by atoms with Gasteiger partial charge in [-0.25, -0.2) is 4.98 Å². The first-order chi connectivity index (χ1) is 14.5. The van der Waals surface area contributed by atoms with Crippen molar-refractivity contribution in [3.63, 3.8) is 0 Å². The molecule has 1 heterocycles. The molecule has 0 aliphatic heterocycles. The Hall–Kier alpha value is -3.08. The van der Waals surface area contributed by atoms with Crippen LogP contribution in [0.5, 0.6) is 0 Å². The molecule has 30 heavy (non-hydrogen) atoms. The van der Waals surface area contributed by atoms with Crippen molar-refractivity contribution in [2.75, 3.05) is 6.61 Å². The van der Waals surface area contributed by atoms with Crippen molar-refractivity contribution in [1.29, 1.82) is 0 Å². The molecule has 1 N–H and O–H groups in total. The Bertz CT molecular complexity index is 1010. The molecule has 1 aromatic carbocycles. The zero-order valence-corrected chi connectivity index (χ0v) is 17.4. The Morgan fingerprint density at radius 1 is 1.30 bits per heavy atom. The highest BCUT2D eigenvalue weighted by Gasteiger charge is 2.31. The lowest BCUT2D eigenvalue weighted by atomic mass is 9.75. The average Bonchev–Trinajstić information content (AvgIpc) is 3.04. The van der Waals surface area contributed by atoms with Gasteiger partial charge in [0.15, 0.2) is 0 Å². The number of aliphatic carboxylic acids is 1. The number of aromatic nitrogens is 1. The Morgan fingerprint density at radius 2 is 2.10 bits per heavy atom. The van der Waals surface area contributed by atoms with E-state index < -0.39 is 5.97 Å².